The predicted octanol–water partition coefficient (Wildman–Crippen LogP) is 17.5. The van der Waals surface area contributed by atoms with Crippen molar-refractivity contribution < 1.29 is 0 Å². The molecule has 0 bridgehead atoms. The number of thiophene rings is 2. The topological polar surface area (TPSA) is 9.72 Å². The van der Waals surface area contributed by atoms with Crippen LogP contribution in [0.5, 0.6) is 0 Å². The van der Waals surface area contributed by atoms with E-state index in [0.717, 1.165) is 6.42 Å². The van der Waals surface area contributed by atoms with E-state index in [1.807, 2.05) is 22.7 Å². The van der Waals surface area contributed by atoms with Crippen LogP contribution in [0.1, 0.15) is 77.0 Å². The zero-order valence-corrected chi connectivity index (χ0v) is 44.0. The van der Waals surface area contributed by atoms with Crippen molar-refractivity contribution >= 4 is 132 Å². The van der Waals surface area contributed by atoms with Crippen LogP contribution in [0.25, 0.3) is 51.5 Å². The first-order chi connectivity index (χ1) is 35.5. The van der Waals surface area contributed by atoms with E-state index >= 15 is 0 Å². The van der Waals surface area contributed by atoms with Crippen LogP contribution in [-0.2, 0) is 10.8 Å². The summed E-state index contributed by atoms with van der Waals surface area (Å²) in [5, 5.41) is 5.26. The van der Waals surface area contributed by atoms with Gasteiger partial charge in [0.05, 0.1) is 15.9 Å². The summed E-state index contributed by atoms with van der Waals surface area (Å²) in [6, 6.07) is 70.4. The SMILES string of the molecule is Cc1cc2c3c(c1)N(c1cccc4c1sc1ccccc14)c1cc(N4c5ccc(-c6ccccc6)cc5C5(C)CCCCC45C)ccc1B3c1ccc(C(C)(C)C)cc1N2c1ccc2sc3ccccc3c2c1. The average Bonchev–Trinajstić information content (AvgIpc) is 4.04. The Morgan fingerprint density at radius 2 is 1.14 bits per heavy atom. The van der Waals surface area contributed by atoms with Crippen molar-refractivity contribution in [3.8, 4) is 11.1 Å². The lowest BCUT2D eigenvalue weighted by atomic mass is 9.33. The highest BCUT2D eigenvalue weighted by atomic mass is 32.1. The fraction of sp³-hybridized carbons (Fsp3) is 0.194. The van der Waals surface area contributed by atoms with Crippen LogP contribution >= 0.6 is 22.7 Å². The van der Waals surface area contributed by atoms with Crippen LogP contribution < -0.4 is 31.1 Å². The minimum absolute atomic E-state index is 0.00770. The second kappa shape index (κ2) is 15.5. The summed E-state index contributed by atoms with van der Waals surface area (Å²) in [6.07, 6.45) is 4.79. The number of anilines is 8. The fourth-order valence-corrected chi connectivity index (χ4v) is 16.3. The fourth-order valence-electron chi connectivity index (χ4n) is 14.0. The van der Waals surface area contributed by atoms with Crippen LogP contribution in [0.3, 0.4) is 0 Å². The molecule has 1 saturated carbocycles. The number of fused-ring (bicyclic) bond motifs is 13. The molecule has 3 nitrogen and oxygen atoms in total. The Morgan fingerprint density at radius 1 is 0.479 bits per heavy atom. The summed E-state index contributed by atoms with van der Waals surface area (Å²) in [7, 11) is 0. The van der Waals surface area contributed by atoms with Crippen LogP contribution in [-0.4, -0.2) is 12.3 Å². The molecule has 354 valence electrons. The van der Waals surface area contributed by atoms with E-state index in [1.54, 1.807) is 0 Å². The van der Waals surface area contributed by atoms with E-state index in [0.29, 0.717) is 0 Å². The van der Waals surface area contributed by atoms with Crippen molar-refractivity contribution in [2.45, 2.75) is 83.6 Å². The van der Waals surface area contributed by atoms with Crippen molar-refractivity contribution in [3.63, 3.8) is 0 Å². The van der Waals surface area contributed by atoms with Crippen LogP contribution in [0.2, 0.25) is 0 Å². The van der Waals surface area contributed by atoms with Gasteiger partial charge in [0, 0.05) is 80.9 Å². The van der Waals surface area contributed by atoms with E-state index in [4.69, 9.17) is 0 Å². The van der Waals surface area contributed by atoms with Gasteiger partial charge < -0.3 is 14.7 Å². The number of aryl methyl sites for hydroxylation is 1. The third-order valence-corrected chi connectivity index (χ3v) is 20.1. The molecule has 9 aromatic carbocycles. The van der Waals surface area contributed by atoms with Gasteiger partial charge in [-0.25, -0.2) is 0 Å². The van der Waals surface area contributed by atoms with Gasteiger partial charge in [-0.15, -0.1) is 22.7 Å². The summed E-state index contributed by atoms with van der Waals surface area (Å²) in [5.74, 6) is 0. The van der Waals surface area contributed by atoms with Crippen molar-refractivity contribution in [2.24, 2.45) is 0 Å². The van der Waals surface area contributed by atoms with Crippen molar-refractivity contribution in [2.75, 3.05) is 14.7 Å². The normalized spacial score (nSPS) is 18.9. The van der Waals surface area contributed by atoms with E-state index in [2.05, 4.69) is 238 Å². The van der Waals surface area contributed by atoms with Crippen LogP contribution in [0.4, 0.5) is 45.5 Å². The Bertz CT molecular complexity index is 4120. The Hall–Kier alpha value is -7.12. The van der Waals surface area contributed by atoms with Gasteiger partial charge in [-0.3, -0.25) is 0 Å². The molecular formula is C67H56BN3S2. The van der Waals surface area contributed by atoms with Gasteiger partial charge in [0.25, 0.3) is 6.71 Å². The molecule has 1 aliphatic carbocycles. The number of hydrogen-bond acceptors (Lipinski definition) is 5. The van der Waals surface area contributed by atoms with Gasteiger partial charge in [0.1, 0.15) is 0 Å². The lowest BCUT2D eigenvalue weighted by Gasteiger charge is -2.50. The third kappa shape index (κ3) is 6.11. The Morgan fingerprint density at radius 3 is 1.93 bits per heavy atom. The lowest BCUT2D eigenvalue weighted by molar-refractivity contribution is 0.195. The summed E-state index contributed by atoms with van der Waals surface area (Å²) in [4.78, 5) is 8.08. The minimum Gasteiger partial charge on any atom is -0.334 e. The molecule has 15 rings (SSSR count). The monoisotopic (exact) mass is 977 g/mol. The summed E-state index contributed by atoms with van der Waals surface area (Å²) in [5.41, 5.74) is 20.6. The quantitative estimate of drug-likeness (QED) is 0.163. The molecular weight excluding hydrogens is 922 g/mol. The lowest BCUT2D eigenvalue weighted by Crippen LogP contribution is -2.61. The van der Waals surface area contributed by atoms with E-state index in [-0.39, 0.29) is 23.1 Å². The second-order valence-corrected chi connectivity index (χ2v) is 25.0. The Labute approximate surface area is 437 Å². The zero-order chi connectivity index (χ0) is 49.1. The molecule has 0 N–H and O–H groups in total. The molecule has 0 saturated heterocycles. The average molecular weight is 978 g/mol. The molecule has 73 heavy (non-hydrogen) atoms. The largest absolute Gasteiger partial charge is 0.334 e. The van der Waals surface area contributed by atoms with Crippen molar-refractivity contribution in [1.82, 2.24) is 0 Å². The number of nitrogens with zero attached hydrogens (tertiary/aromatic N) is 3. The molecule has 2 unspecified atom stereocenters. The first-order valence-corrected chi connectivity index (χ1v) is 28.0. The van der Waals surface area contributed by atoms with E-state index < -0.39 is 0 Å². The highest BCUT2D eigenvalue weighted by Gasteiger charge is 2.58. The van der Waals surface area contributed by atoms with Gasteiger partial charge in [0.15, 0.2) is 0 Å². The molecule has 0 amide bonds. The highest BCUT2D eigenvalue weighted by Crippen LogP contribution is 2.62. The Balaban J connectivity index is 1.01. The Kier molecular flexibility index (Phi) is 9.20. The van der Waals surface area contributed by atoms with Crippen LogP contribution in [0.15, 0.2) is 182 Å². The molecule has 2 atom stereocenters. The first kappa shape index (κ1) is 43.5. The molecule has 5 heterocycles. The maximum atomic E-state index is 2.78. The van der Waals surface area contributed by atoms with Gasteiger partial charge in [-0.2, -0.15) is 0 Å². The minimum atomic E-state index is -0.111. The van der Waals surface area contributed by atoms with Crippen molar-refractivity contribution in [3.05, 3.63) is 199 Å². The summed E-state index contributed by atoms with van der Waals surface area (Å²) in [6.45, 7) is 14.5. The number of rotatable bonds is 4. The molecule has 3 aliphatic heterocycles. The van der Waals surface area contributed by atoms with E-state index in [1.165, 1.54) is 149 Å². The standard InChI is InChI=1S/C67H56BN3S2/c1-41-35-58-63-59(36-41)70(55-22-16-21-49-47-19-10-13-24-61(47)73-64(49)55)57-40-46(71-54-31-25-43(42-17-8-7-9-18-42)37-51(54)66(5)33-14-15-34-67(66,71)6)27-30-53(57)68(63)52-29-26-44(65(2,3)4)38-56(52)69(58)45-28-32-62-50(39-45)48-20-11-12-23-60(48)72-62/h7-13,16-32,35-40H,14-15,33-34H2,1-6H3. The predicted molar refractivity (Wildman–Crippen MR) is 318 cm³/mol. The smallest absolute Gasteiger partial charge is 0.252 e. The van der Waals surface area contributed by atoms with Gasteiger partial charge in [-0.05, 0) is 155 Å². The molecule has 11 aromatic rings. The molecule has 6 heteroatoms. The molecule has 2 aromatic heterocycles. The van der Waals surface area contributed by atoms with Gasteiger partial charge in [0.2, 0.25) is 0 Å². The van der Waals surface area contributed by atoms with Crippen LogP contribution in [0, 0.1) is 6.92 Å². The number of hydrogen-bond donors (Lipinski definition) is 0. The second-order valence-electron chi connectivity index (χ2n) is 22.9. The molecule has 0 spiro atoms. The third-order valence-electron chi connectivity index (χ3n) is 17.8. The molecule has 0 radical (unpaired) electrons. The van der Waals surface area contributed by atoms with Gasteiger partial charge >= 0.3 is 0 Å². The molecule has 4 aliphatic rings. The zero-order valence-electron chi connectivity index (χ0n) is 42.4. The molecule has 1 fully saturated rings. The maximum absolute atomic E-state index is 2.78. The highest BCUT2D eigenvalue weighted by molar-refractivity contribution is 7.26. The summed E-state index contributed by atoms with van der Waals surface area (Å²) >= 11 is 3.81. The van der Waals surface area contributed by atoms with E-state index in [9.17, 15) is 0 Å². The summed E-state index contributed by atoms with van der Waals surface area (Å²) < 4.78 is 5.29. The van der Waals surface area contributed by atoms with Crippen molar-refractivity contribution in [1.29, 1.82) is 0 Å². The maximum Gasteiger partial charge on any atom is 0.252 e. The number of benzene rings is 9. The first-order valence-electron chi connectivity index (χ1n) is 26.3. The van der Waals surface area contributed by atoms with Gasteiger partial charge in [-0.1, -0.05) is 144 Å².